The first-order valence-corrected chi connectivity index (χ1v) is 5.05. The van der Waals surface area contributed by atoms with Crippen molar-refractivity contribution in [1.29, 1.82) is 0 Å². The molecule has 0 heterocycles. The van der Waals surface area contributed by atoms with Crippen molar-refractivity contribution in [1.82, 2.24) is 0 Å². The van der Waals surface area contributed by atoms with Crippen molar-refractivity contribution in [2.24, 2.45) is 0 Å². The van der Waals surface area contributed by atoms with Crippen molar-refractivity contribution in [3.05, 3.63) is 35.9 Å². The van der Waals surface area contributed by atoms with E-state index in [2.05, 4.69) is 18.8 Å². The van der Waals surface area contributed by atoms with Crippen LogP contribution in [0.15, 0.2) is 30.3 Å². The summed E-state index contributed by atoms with van der Waals surface area (Å²) in [7, 11) is 0. The van der Waals surface area contributed by atoms with Crippen molar-refractivity contribution in [3.63, 3.8) is 0 Å². The van der Waals surface area contributed by atoms with Crippen LogP contribution in [0.4, 0.5) is 0 Å². The molecule has 0 aliphatic carbocycles. The monoisotopic (exact) mass is 188 g/mol. The van der Waals surface area contributed by atoms with E-state index in [0.717, 1.165) is 31.6 Å². The van der Waals surface area contributed by atoms with Gasteiger partial charge in [0.15, 0.2) is 0 Å². The highest BCUT2D eigenvalue weighted by Crippen LogP contribution is 1.95. The Morgan fingerprint density at radius 2 is 1.93 bits per heavy atom. The van der Waals surface area contributed by atoms with Crippen LogP contribution in [0.3, 0.4) is 0 Å². The fourth-order valence-electron chi connectivity index (χ4n) is 1.06. The van der Waals surface area contributed by atoms with E-state index >= 15 is 0 Å². The van der Waals surface area contributed by atoms with Gasteiger partial charge < -0.3 is 4.74 Å². The Bertz CT molecular complexity index is 292. The van der Waals surface area contributed by atoms with Crippen molar-refractivity contribution < 1.29 is 4.74 Å². The maximum Gasteiger partial charge on any atom is 0.0575 e. The first-order valence-electron chi connectivity index (χ1n) is 5.05. The van der Waals surface area contributed by atoms with Crippen LogP contribution in [0.1, 0.15) is 25.3 Å². The maximum absolute atomic E-state index is 5.32. The van der Waals surface area contributed by atoms with Gasteiger partial charge in [-0.05, 0) is 18.6 Å². The molecular weight excluding hydrogens is 172 g/mol. The standard InChI is InChI=1S/C13H16O/c1-2-11-14-12-7-6-10-13-8-4-3-5-9-13/h3-5,8-9H,2,7,11-12H2,1H3. The van der Waals surface area contributed by atoms with Crippen molar-refractivity contribution >= 4 is 0 Å². The topological polar surface area (TPSA) is 9.23 Å². The van der Waals surface area contributed by atoms with E-state index in [1.807, 2.05) is 30.3 Å². The van der Waals surface area contributed by atoms with Gasteiger partial charge in [0.25, 0.3) is 0 Å². The van der Waals surface area contributed by atoms with Crippen LogP contribution in [0.5, 0.6) is 0 Å². The smallest absolute Gasteiger partial charge is 0.0575 e. The molecule has 1 aromatic rings. The molecule has 0 aliphatic rings. The van der Waals surface area contributed by atoms with Crippen LogP contribution in [0.25, 0.3) is 0 Å². The Hall–Kier alpha value is -1.26. The van der Waals surface area contributed by atoms with Gasteiger partial charge in [0.2, 0.25) is 0 Å². The van der Waals surface area contributed by atoms with E-state index in [9.17, 15) is 0 Å². The Morgan fingerprint density at radius 3 is 2.64 bits per heavy atom. The normalized spacial score (nSPS) is 9.21. The molecule has 0 aromatic heterocycles. The SMILES string of the molecule is CCCOCCC#Cc1ccccc1. The molecule has 0 saturated carbocycles. The lowest BCUT2D eigenvalue weighted by Gasteiger charge is -1.96. The fourth-order valence-corrected chi connectivity index (χ4v) is 1.06. The first-order chi connectivity index (χ1) is 6.93. The van der Waals surface area contributed by atoms with Gasteiger partial charge in [0.1, 0.15) is 0 Å². The Morgan fingerprint density at radius 1 is 1.14 bits per heavy atom. The molecule has 0 unspecified atom stereocenters. The molecule has 1 heteroatoms. The summed E-state index contributed by atoms with van der Waals surface area (Å²) in [6.07, 6.45) is 1.89. The lowest BCUT2D eigenvalue weighted by atomic mass is 10.2. The van der Waals surface area contributed by atoms with Crippen LogP contribution in [0.2, 0.25) is 0 Å². The summed E-state index contributed by atoms with van der Waals surface area (Å²) in [5, 5.41) is 0. The van der Waals surface area contributed by atoms with E-state index in [1.54, 1.807) is 0 Å². The molecule has 1 aromatic carbocycles. The predicted octanol–water partition coefficient (Wildman–Crippen LogP) is 2.85. The van der Waals surface area contributed by atoms with E-state index in [-0.39, 0.29) is 0 Å². The molecule has 1 rings (SSSR count). The van der Waals surface area contributed by atoms with Crippen molar-refractivity contribution in [2.45, 2.75) is 19.8 Å². The molecule has 1 nitrogen and oxygen atoms in total. The molecule has 0 spiro atoms. The molecule has 0 atom stereocenters. The van der Waals surface area contributed by atoms with Crippen LogP contribution in [-0.4, -0.2) is 13.2 Å². The molecule has 74 valence electrons. The van der Waals surface area contributed by atoms with Crippen LogP contribution in [-0.2, 0) is 4.74 Å². The second-order valence-electron chi connectivity index (χ2n) is 3.03. The average Bonchev–Trinajstić information content (AvgIpc) is 2.25. The minimum absolute atomic E-state index is 0.744. The summed E-state index contributed by atoms with van der Waals surface area (Å²) < 4.78 is 5.32. The lowest BCUT2D eigenvalue weighted by molar-refractivity contribution is 0.140. The van der Waals surface area contributed by atoms with Gasteiger partial charge in [0.05, 0.1) is 6.61 Å². The maximum atomic E-state index is 5.32. The summed E-state index contributed by atoms with van der Waals surface area (Å²) in [4.78, 5) is 0. The highest BCUT2D eigenvalue weighted by Gasteiger charge is 1.83. The van der Waals surface area contributed by atoms with Gasteiger partial charge in [0, 0.05) is 18.6 Å². The highest BCUT2D eigenvalue weighted by atomic mass is 16.5. The van der Waals surface area contributed by atoms with Gasteiger partial charge in [-0.25, -0.2) is 0 Å². The minimum Gasteiger partial charge on any atom is -0.380 e. The average molecular weight is 188 g/mol. The lowest BCUT2D eigenvalue weighted by Crippen LogP contribution is -1.93. The van der Waals surface area contributed by atoms with Crippen LogP contribution in [0, 0.1) is 11.8 Å². The molecule has 0 fully saturated rings. The largest absolute Gasteiger partial charge is 0.380 e. The highest BCUT2D eigenvalue weighted by molar-refractivity contribution is 5.33. The van der Waals surface area contributed by atoms with E-state index in [4.69, 9.17) is 4.74 Å². The summed E-state index contributed by atoms with van der Waals surface area (Å²) in [6.45, 7) is 3.69. The van der Waals surface area contributed by atoms with E-state index < -0.39 is 0 Å². The Kier molecular flexibility index (Phi) is 5.54. The zero-order chi connectivity index (χ0) is 10.1. The molecule has 0 radical (unpaired) electrons. The Balaban J connectivity index is 2.21. The summed E-state index contributed by atoms with van der Waals surface area (Å²) in [5.74, 6) is 6.18. The van der Waals surface area contributed by atoms with Crippen molar-refractivity contribution in [2.75, 3.05) is 13.2 Å². The number of ether oxygens (including phenoxy) is 1. The number of rotatable bonds is 4. The van der Waals surface area contributed by atoms with E-state index in [1.165, 1.54) is 0 Å². The molecule has 0 amide bonds. The summed E-state index contributed by atoms with van der Waals surface area (Å²) in [5.41, 5.74) is 1.07. The van der Waals surface area contributed by atoms with Gasteiger partial charge in [-0.3, -0.25) is 0 Å². The Labute approximate surface area is 86.1 Å². The summed E-state index contributed by atoms with van der Waals surface area (Å²) in [6, 6.07) is 10.0. The fraction of sp³-hybridized carbons (Fsp3) is 0.385. The van der Waals surface area contributed by atoms with Gasteiger partial charge in [-0.1, -0.05) is 37.0 Å². The quantitative estimate of drug-likeness (QED) is 0.521. The number of benzene rings is 1. The molecule has 0 bridgehead atoms. The first kappa shape index (κ1) is 10.8. The third-order valence-corrected chi connectivity index (χ3v) is 1.73. The van der Waals surface area contributed by atoms with Gasteiger partial charge in [-0.15, -0.1) is 0 Å². The minimum atomic E-state index is 0.744. The summed E-state index contributed by atoms with van der Waals surface area (Å²) >= 11 is 0. The van der Waals surface area contributed by atoms with Crippen molar-refractivity contribution in [3.8, 4) is 11.8 Å². The number of hydrogen-bond donors (Lipinski definition) is 0. The number of hydrogen-bond acceptors (Lipinski definition) is 1. The zero-order valence-corrected chi connectivity index (χ0v) is 8.62. The third kappa shape index (κ3) is 4.69. The third-order valence-electron chi connectivity index (χ3n) is 1.73. The second-order valence-corrected chi connectivity index (χ2v) is 3.03. The van der Waals surface area contributed by atoms with Crippen LogP contribution < -0.4 is 0 Å². The van der Waals surface area contributed by atoms with Gasteiger partial charge >= 0.3 is 0 Å². The molecule has 0 aliphatic heterocycles. The molecular formula is C13H16O. The zero-order valence-electron chi connectivity index (χ0n) is 8.62. The molecule has 0 saturated heterocycles. The molecule has 14 heavy (non-hydrogen) atoms. The van der Waals surface area contributed by atoms with Gasteiger partial charge in [-0.2, -0.15) is 0 Å². The molecule has 0 N–H and O–H groups in total. The predicted molar refractivity (Wildman–Crippen MR) is 59.0 cm³/mol. The van der Waals surface area contributed by atoms with Crippen LogP contribution >= 0.6 is 0 Å². The van der Waals surface area contributed by atoms with E-state index in [0.29, 0.717) is 0 Å². The second kappa shape index (κ2) is 7.17.